The van der Waals surface area contributed by atoms with Gasteiger partial charge in [0.2, 0.25) is 5.91 Å². The van der Waals surface area contributed by atoms with E-state index < -0.39 is 17.4 Å². The zero-order chi connectivity index (χ0) is 17.7. The number of esters is 2. The van der Waals surface area contributed by atoms with E-state index in [1.165, 1.54) is 18.7 Å². The highest BCUT2D eigenvalue weighted by atomic mass is 32.2. The van der Waals surface area contributed by atoms with Crippen LogP contribution in [0.1, 0.15) is 26.3 Å². The van der Waals surface area contributed by atoms with E-state index in [0.29, 0.717) is 5.70 Å². The van der Waals surface area contributed by atoms with Gasteiger partial charge < -0.3 is 14.4 Å². The molecule has 0 aromatic heterocycles. The van der Waals surface area contributed by atoms with Crippen LogP contribution in [0.3, 0.4) is 0 Å². The molecule has 1 aliphatic heterocycles. The molecule has 0 saturated heterocycles. The van der Waals surface area contributed by atoms with Crippen LogP contribution in [0.25, 0.3) is 5.70 Å². The minimum atomic E-state index is -0.654. The van der Waals surface area contributed by atoms with Gasteiger partial charge in [0.05, 0.1) is 18.8 Å². The van der Waals surface area contributed by atoms with Crippen LogP contribution in [0, 0.1) is 0 Å². The van der Waals surface area contributed by atoms with E-state index in [1.807, 2.05) is 30.3 Å². The van der Waals surface area contributed by atoms with E-state index in [2.05, 4.69) is 0 Å². The van der Waals surface area contributed by atoms with E-state index in [-0.39, 0.29) is 24.0 Å². The second-order valence-corrected chi connectivity index (χ2v) is 6.22. The molecule has 6 nitrogen and oxygen atoms in total. The summed E-state index contributed by atoms with van der Waals surface area (Å²) < 4.78 is 10.3. The standard InChI is InChI=1S/C17H19NO5S/c1-4-22-17(21)16-15(13-8-6-5-7-9-13)18(11(2)19)10-14(24-16)23-12(3)20/h5-9,14H,4,10H2,1-3H3. The lowest BCUT2D eigenvalue weighted by atomic mass is 10.1. The molecule has 0 radical (unpaired) electrons. The van der Waals surface area contributed by atoms with E-state index in [9.17, 15) is 14.4 Å². The van der Waals surface area contributed by atoms with Crippen molar-refractivity contribution in [3.8, 4) is 0 Å². The van der Waals surface area contributed by atoms with Crippen molar-refractivity contribution in [1.82, 2.24) is 4.90 Å². The molecule has 1 aromatic carbocycles. The summed E-state index contributed by atoms with van der Waals surface area (Å²) in [4.78, 5) is 37.5. The molecule has 24 heavy (non-hydrogen) atoms. The average molecular weight is 349 g/mol. The first-order chi connectivity index (χ1) is 11.4. The van der Waals surface area contributed by atoms with Crippen LogP contribution in [-0.2, 0) is 23.9 Å². The molecular formula is C17H19NO5S. The van der Waals surface area contributed by atoms with Gasteiger partial charge in [-0.05, 0) is 12.5 Å². The zero-order valence-electron chi connectivity index (χ0n) is 13.8. The second-order valence-electron chi connectivity index (χ2n) is 5.05. The van der Waals surface area contributed by atoms with E-state index in [4.69, 9.17) is 9.47 Å². The van der Waals surface area contributed by atoms with Crippen molar-refractivity contribution < 1.29 is 23.9 Å². The minimum absolute atomic E-state index is 0.173. The van der Waals surface area contributed by atoms with Gasteiger partial charge in [-0.15, -0.1) is 0 Å². The lowest BCUT2D eigenvalue weighted by Crippen LogP contribution is -2.40. The number of nitrogens with zero attached hydrogens (tertiary/aromatic N) is 1. The number of rotatable bonds is 4. The summed E-state index contributed by atoms with van der Waals surface area (Å²) in [6.45, 7) is 4.79. The molecule has 0 spiro atoms. The average Bonchev–Trinajstić information content (AvgIpc) is 2.54. The molecule has 7 heteroatoms. The van der Waals surface area contributed by atoms with E-state index in [0.717, 1.165) is 17.3 Å². The van der Waals surface area contributed by atoms with Crippen molar-refractivity contribution >= 4 is 35.3 Å². The first kappa shape index (κ1) is 18.1. The summed E-state index contributed by atoms with van der Waals surface area (Å²) in [5.41, 5.74) is 0.553. The third kappa shape index (κ3) is 4.17. The fraction of sp³-hybridized carbons (Fsp3) is 0.353. The van der Waals surface area contributed by atoms with Gasteiger partial charge in [-0.1, -0.05) is 42.1 Å². The number of carbonyl (C=O) groups excluding carboxylic acids is 3. The molecule has 1 heterocycles. The molecule has 1 amide bonds. The Morgan fingerprint density at radius 3 is 2.42 bits per heavy atom. The fourth-order valence-electron chi connectivity index (χ4n) is 2.34. The Morgan fingerprint density at radius 2 is 1.88 bits per heavy atom. The highest BCUT2D eigenvalue weighted by molar-refractivity contribution is 8.04. The minimum Gasteiger partial charge on any atom is -0.462 e. The van der Waals surface area contributed by atoms with Crippen molar-refractivity contribution in [3.63, 3.8) is 0 Å². The van der Waals surface area contributed by atoms with Crippen LogP contribution in [0.4, 0.5) is 0 Å². The lowest BCUT2D eigenvalue weighted by molar-refractivity contribution is -0.144. The number of thioether (sulfide) groups is 1. The first-order valence-electron chi connectivity index (χ1n) is 7.52. The largest absolute Gasteiger partial charge is 0.462 e. The van der Waals surface area contributed by atoms with Crippen LogP contribution in [-0.4, -0.2) is 41.3 Å². The quantitative estimate of drug-likeness (QED) is 0.777. The molecule has 0 aliphatic carbocycles. The van der Waals surface area contributed by atoms with Crippen LogP contribution in [0.2, 0.25) is 0 Å². The molecule has 0 saturated carbocycles. The molecule has 1 unspecified atom stereocenters. The highest BCUT2D eigenvalue weighted by Gasteiger charge is 2.36. The molecular weight excluding hydrogens is 330 g/mol. The Morgan fingerprint density at radius 1 is 1.21 bits per heavy atom. The molecule has 1 atom stereocenters. The van der Waals surface area contributed by atoms with Gasteiger partial charge in [0.1, 0.15) is 4.91 Å². The Balaban J connectivity index is 2.54. The summed E-state index contributed by atoms with van der Waals surface area (Å²) >= 11 is 1.10. The number of carbonyl (C=O) groups is 3. The topological polar surface area (TPSA) is 72.9 Å². The van der Waals surface area contributed by atoms with Crippen molar-refractivity contribution in [2.24, 2.45) is 0 Å². The fourth-order valence-corrected chi connectivity index (χ4v) is 3.51. The molecule has 2 rings (SSSR count). The molecule has 1 aromatic rings. The molecule has 1 aliphatic rings. The maximum atomic E-state index is 12.4. The summed E-state index contributed by atoms with van der Waals surface area (Å²) in [5.74, 6) is -1.25. The SMILES string of the molecule is CCOC(=O)C1=C(c2ccccc2)N(C(C)=O)CC(OC(C)=O)S1. The van der Waals surface area contributed by atoms with Crippen LogP contribution >= 0.6 is 11.8 Å². The molecule has 0 N–H and O–H groups in total. The second kappa shape index (κ2) is 8.01. The van der Waals surface area contributed by atoms with Gasteiger partial charge in [-0.2, -0.15) is 0 Å². The number of benzene rings is 1. The Hall–Kier alpha value is -2.28. The third-order valence-electron chi connectivity index (χ3n) is 3.25. The van der Waals surface area contributed by atoms with Gasteiger partial charge >= 0.3 is 11.9 Å². The Bertz CT molecular complexity index is 671. The number of ether oxygens (including phenoxy) is 2. The van der Waals surface area contributed by atoms with Gasteiger partial charge in [-0.3, -0.25) is 9.59 Å². The predicted molar refractivity (Wildman–Crippen MR) is 90.5 cm³/mol. The van der Waals surface area contributed by atoms with Gasteiger partial charge in [0.25, 0.3) is 0 Å². The van der Waals surface area contributed by atoms with Gasteiger partial charge in [0.15, 0.2) is 5.44 Å². The summed E-state index contributed by atoms with van der Waals surface area (Å²) in [5, 5.41) is 0. The number of hydrogen-bond donors (Lipinski definition) is 0. The van der Waals surface area contributed by atoms with E-state index in [1.54, 1.807) is 6.92 Å². The van der Waals surface area contributed by atoms with Crippen LogP contribution in [0.15, 0.2) is 35.2 Å². The van der Waals surface area contributed by atoms with Crippen molar-refractivity contribution in [2.45, 2.75) is 26.2 Å². The first-order valence-corrected chi connectivity index (χ1v) is 8.40. The molecule has 0 bridgehead atoms. The predicted octanol–water partition coefficient (Wildman–Crippen LogP) is 2.40. The molecule has 0 fully saturated rings. The third-order valence-corrected chi connectivity index (χ3v) is 4.36. The normalized spacial score (nSPS) is 17.5. The maximum absolute atomic E-state index is 12.4. The summed E-state index contributed by atoms with van der Waals surface area (Å²) in [6, 6.07) is 9.14. The number of amides is 1. The smallest absolute Gasteiger partial charge is 0.346 e. The Labute approximate surface area is 144 Å². The van der Waals surface area contributed by atoms with E-state index >= 15 is 0 Å². The Kier molecular flexibility index (Phi) is 6.03. The highest BCUT2D eigenvalue weighted by Crippen LogP contribution is 2.39. The number of hydrogen-bond acceptors (Lipinski definition) is 6. The van der Waals surface area contributed by atoms with Crippen molar-refractivity contribution in [1.29, 1.82) is 0 Å². The van der Waals surface area contributed by atoms with Crippen molar-refractivity contribution in [3.05, 3.63) is 40.8 Å². The zero-order valence-corrected chi connectivity index (χ0v) is 14.6. The van der Waals surface area contributed by atoms with Gasteiger partial charge in [0, 0.05) is 13.8 Å². The summed E-state index contributed by atoms with van der Waals surface area (Å²) in [7, 11) is 0. The van der Waals surface area contributed by atoms with Gasteiger partial charge in [-0.25, -0.2) is 4.79 Å². The monoisotopic (exact) mass is 349 g/mol. The van der Waals surface area contributed by atoms with Crippen molar-refractivity contribution in [2.75, 3.05) is 13.2 Å². The van der Waals surface area contributed by atoms with Crippen LogP contribution in [0.5, 0.6) is 0 Å². The van der Waals surface area contributed by atoms with Crippen LogP contribution < -0.4 is 0 Å². The lowest BCUT2D eigenvalue weighted by Gasteiger charge is -2.34. The molecule has 128 valence electrons. The summed E-state index contributed by atoms with van der Waals surface area (Å²) in [6.07, 6.45) is 0. The maximum Gasteiger partial charge on any atom is 0.346 e.